The second kappa shape index (κ2) is 8.18. The van der Waals surface area contributed by atoms with Crippen LogP contribution >= 0.6 is 0 Å². The van der Waals surface area contributed by atoms with Crippen LogP contribution in [0.3, 0.4) is 0 Å². The van der Waals surface area contributed by atoms with E-state index in [0.717, 1.165) is 10.4 Å². The molecule has 162 valence electrons. The minimum absolute atomic E-state index is 0.0975. The van der Waals surface area contributed by atoms with Gasteiger partial charge in [-0.2, -0.15) is 0 Å². The molecule has 6 heteroatoms. The summed E-state index contributed by atoms with van der Waals surface area (Å²) in [4.78, 5) is 0. The summed E-state index contributed by atoms with van der Waals surface area (Å²) in [5, 5.41) is 32.9. The number of ether oxygens (including phenoxy) is 1. The van der Waals surface area contributed by atoms with E-state index >= 15 is 0 Å². The maximum absolute atomic E-state index is 11.1. The zero-order chi connectivity index (χ0) is 21.5. The first-order valence-corrected chi connectivity index (χ1v) is 12.6. The number of fused-ring (bicyclic) bond motifs is 2. The third kappa shape index (κ3) is 3.27. The average molecular weight is 429 g/mol. The Balaban J connectivity index is 1.82. The van der Waals surface area contributed by atoms with Gasteiger partial charge in [-0.15, -0.1) is 0 Å². The van der Waals surface area contributed by atoms with E-state index < -0.39 is 32.7 Å². The molecule has 2 aromatic rings. The molecule has 2 aliphatic rings. The highest BCUT2D eigenvalue weighted by molar-refractivity contribution is 6.99. The van der Waals surface area contributed by atoms with E-state index in [2.05, 4.69) is 45.0 Å². The van der Waals surface area contributed by atoms with Crippen molar-refractivity contribution in [2.75, 3.05) is 13.2 Å². The van der Waals surface area contributed by atoms with E-state index in [1.165, 1.54) is 0 Å². The van der Waals surface area contributed by atoms with Gasteiger partial charge in [-0.05, 0) is 15.4 Å². The van der Waals surface area contributed by atoms with Crippen molar-refractivity contribution in [3.8, 4) is 0 Å². The van der Waals surface area contributed by atoms with Crippen LogP contribution in [-0.4, -0.2) is 61.3 Å². The maximum Gasteiger partial charge on any atom is 0.261 e. The van der Waals surface area contributed by atoms with Gasteiger partial charge in [0.05, 0.1) is 12.2 Å². The highest BCUT2D eigenvalue weighted by atomic mass is 28.4. The van der Waals surface area contributed by atoms with E-state index in [0.29, 0.717) is 0 Å². The SMILES string of the molecule is CC(C)(C)[Si](O[C@@H]1[C@@H](O)[C@@H]2O[C@H]1[C@@H](CO)[C@@H]2CO)(c1ccccc1)c1ccccc1. The number of aliphatic hydroxyl groups excluding tert-OH is 3. The molecular formula is C24H32O5Si. The van der Waals surface area contributed by atoms with Crippen molar-refractivity contribution in [2.24, 2.45) is 11.8 Å². The third-order valence-corrected chi connectivity index (χ3v) is 11.9. The lowest BCUT2D eigenvalue weighted by atomic mass is 9.77. The minimum atomic E-state index is -2.85. The predicted molar refractivity (Wildman–Crippen MR) is 118 cm³/mol. The summed E-state index contributed by atoms with van der Waals surface area (Å²) >= 11 is 0. The molecule has 2 saturated heterocycles. The zero-order valence-electron chi connectivity index (χ0n) is 17.8. The number of benzene rings is 2. The van der Waals surface area contributed by atoms with Crippen molar-refractivity contribution in [3.05, 3.63) is 60.7 Å². The number of rotatable bonds is 6. The first-order valence-electron chi connectivity index (χ1n) is 10.7. The van der Waals surface area contributed by atoms with Crippen LogP contribution in [-0.2, 0) is 9.16 Å². The molecular weight excluding hydrogens is 396 g/mol. The second-order valence-electron chi connectivity index (χ2n) is 9.49. The summed E-state index contributed by atoms with van der Waals surface area (Å²) in [6.45, 7) is 6.37. The van der Waals surface area contributed by atoms with Crippen LogP contribution in [0.1, 0.15) is 20.8 Å². The molecule has 2 heterocycles. The lowest BCUT2D eigenvalue weighted by molar-refractivity contribution is -0.0338. The van der Waals surface area contributed by atoms with Gasteiger partial charge in [0, 0.05) is 25.0 Å². The van der Waals surface area contributed by atoms with E-state index in [-0.39, 0.29) is 30.1 Å². The smallest absolute Gasteiger partial charge is 0.261 e. The Bertz CT molecular complexity index is 796. The Morgan fingerprint density at radius 2 is 1.30 bits per heavy atom. The molecule has 0 spiro atoms. The molecule has 0 saturated carbocycles. The van der Waals surface area contributed by atoms with Crippen LogP contribution in [0.25, 0.3) is 0 Å². The molecule has 4 rings (SSSR count). The monoisotopic (exact) mass is 428 g/mol. The van der Waals surface area contributed by atoms with Crippen LogP contribution < -0.4 is 10.4 Å². The van der Waals surface area contributed by atoms with Crippen LogP contribution in [0.4, 0.5) is 0 Å². The minimum Gasteiger partial charge on any atom is -0.399 e. The van der Waals surface area contributed by atoms with Crippen LogP contribution in [0.5, 0.6) is 0 Å². The van der Waals surface area contributed by atoms with Gasteiger partial charge < -0.3 is 24.5 Å². The van der Waals surface area contributed by atoms with Gasteiger partial charge in [0.25, 0.3) is 8.32 Å². The summed E-state index contributed by atoms with van der Waals surface area (Å²) in [6, 6.07) is 20.6. The second-order valence-corrected chi connectivity index (χ2v) is 13.7. The van der Waals surface area contributed by atoms with Crippen molar-refractivity contribution >= 4 is 18.7 Å². The summed E-state index contributed by atoms with van der Waals surface area (Å²) in [6.07, 6.45) is -2.34. The zero-order valence-corrected chi connectivity index (χ0v) is 18.8. The van der Waals surface area contributed by atoms with Gasteiger partial charge in [-0.1, -0.05) is 81.4 Å². The normalized spacial score (nSPS) is 31.3. The van der Waals surface area contributed by atoms with Crippen molar-refractivity contribution < 1.29 is 24.5 Å². The highest BCUT2D eigenvalue weighted by Crippen LogP contribution is 2.47. The first-order chi connectivity index (χ1) is 14.3. The van der Waals surface area contributed by atoms with Crippen molar-refractivity contribution in [3.63, 3.8) is 0 Å². The number of hydrogen-bond acceptors (Lipinski definition) is 5. The Labute approximate surface area is 179 Å². The molecule has 2 aliphatic heterocycles. The van der Waals surface area contributed by atoms with E-state index in [1.54, 1.807) is 0 Å². The summed E-state index contributed by atoms with van der Waals surface area (Å²) in [5.41, 5.74) is 0. The molecule has 0 unspecified atom stereocenters. The van der Waals surface area contributed by atoms with E-state index in [4.69, 9.17) is 9.16 Å². The molecule has 2 aromatic carbocycles. The standard InChI is InChI=1S/C24H32O5Si/c1-24(2,3)30(16-10-6-4-7-11-16,17-12-8-5-9-13-17)29-23-20(27)21-18(14-25)19(15-26)22(23)28-21/h4-13,18-23,25-27H,14-15H2,1-3H3/t18-,19-,20-,21+,22-,23+/m0/s1. The molecule has 0 amide bonds. The molecule has 0 aliphatic carbocycles. The van der Waals surface area contributed by atoms with E-state index in [9.17, 15) is 15.3 Å². The summed E-state index contributed by atoms with van der Waals surface area (Å²) in [7, 11) is -2.85. The number of aliphatic hydroxyl groups is 3. The molecule has 0 aromatic heterocycles. The Morgan fingerprint density at radius 3 is 1.73 bits per heavy atom. The fraction of sp³-hybridized carbons (Fsp3) is 0.500. The topological polar surface area (TPSA) is 79.2 Å². The molecule has 30 heavy (non-hydrogen) atoms. The lowest BCUT2D eigenvalue weighted by Gasteiger charge is -2.47. The Morgan fingerprint density at radius 1 is 0.833 bits per heavy atom. The highest BCUT2D eigenvalue weighted by Gasteiger charge is 2.63. The average Bonchev–Trinajstić information content (AvgIpc) is 3.27. The van der Waals surface area contributed by atoms with Gasteiger partial charge in [0.15, 0.2) is 0 Å². The Hall–Kier alpha value is -1.54. The lowest BCUT2D eigenvalue weighted by Crippen LogP contribution is -2.70. The first kappa shape index (κ1) is 21.7. The maximum atomic E-state index is 11.1. The van der Waals surface area contributed by atoms with Gasteiger partial charge in [0.1, 0.15) is 12.2 Å². The van der Waals surface area contributed by atoms with Crippen LogP contribution in [0.2, 0.25) is 5.04 Å². The molecule has 3 N–H and O–H groups in total. The summed E-state index contributed by atoms with van der Waals surface area (Å²) in [5.74, 6) is -0.513. The van der Waals surface area contributed by atoms with Crippen molar-refractivity contribution in [2.45, 2.75) is 50.2 Å². The fourth-order valence-electron chi connectivity index (χ4n) is 5.42. The molecule has 6 atom stereocenters. The van der Waals surface area contributed by atoms with Gasteiger partial charge >= 0.3 is 0 Å². The quantitative estimate of drug-likeness (QED) is 0.605. The molecule has 0 radical (unpaired) electrons. The molecule has 2 bridgehead atoms. The van der Waals surface area contributed by atoms with Gasteiger partial charge in [0.2, 0.25) is 0 Å². The third-order valence-electron chi connectivity index (χ3n) is 6.86. The van der Waals surface area contributed by atoms with Crippen LogP contribution in [0, 0.1) is 11.8 Å². The van der Waals surface area contributed by atoms with Crippen LogP contribution in [0.15, 0.2) is 60.7 Å². The largest absolute Gasteiger partial charge is 0.399 e. The van der Waals surface area contributed by atoms with Gasteiger partial charge in [-0.3, -0.25) is 0 Å². The van der Waals surface area contributed by atoms with E-state index in [1.807, 2.05) is 36.4 Å². The fourth-order valence-corrected chi connectivity index (χ4v) is 10.1. The van der Waals surface area contributed by atoms with Crippen molar-refractivity contribution in [1.82, 2.24) is 0 Å². The predicted octanol–water partition coefficient (Wildman–Crippen LogP) is 1.29. The Kier molecular flexibility index (Phi) is 5.92. The summed E-state index contributed by atoms with van der Waals surface area (Å²) < 4.78 is 13.1. The van der Waals surface area contributed by atoms with Gasteiger partial charge in [-0.25, -0.2) is 0 Å². The number of hydrogen-bond donors (Lipinski definition) is 3. The molecule has 5 nitrogen and oxygen atoms in total. The van der Waals surface area contributed by atoms with Crippen molar-refractivity contribution in [1.29, 1.82) is 0 Å². The molecule has 2 fully saturated rings.